The number of carbonyl (C=O) groups is 1. The first-order valence-electron chi connectivity index (χ1n) is 42.2. The number of aromatic nitrogens is 5. The van der Waals surface area contributed by atoms with Crippen molar-refractivity contribution in [3.8, 4) is 33.8 Å². The number of quaternary nitrogens is 2. The van der Waals surface area contributed by atoms with Crippen LogP contribution < -0.4 is 10.2 Å². The summed E-state index contributed by atoms with van der Waals surface area (Å²) in [4.78, 5) is 59.0. The van der Waals surface area contributed by atoms with E-state index in [0.29, 0.717) is 70.6 Å². The molecule has 3 saturated heterocycles. The summed E-state index contributed by atoms with van der Waals surface area (Å²) in [5, 5.41) is 58.5. The van der Waals surface area contributed by atoms with Crippen LogP contribution in [-0.4, -0.2) is 148 Å². The maximum absolute atomic E-state index is 13.5. The van der Waals surface area contributed by atoms with Crippen LogP contribution >= 0.6 is 11.6 Å². The van der Waals surface area contributed by atoms with Gasteiger partial charge in [-0.15, -0.1) is 16.1 Å². The number of hydrogen-bond donors (Lipinski definition) is 4. The second-order valence-electron chi connectivity index (χ2n) is 33.1. The number of benzene rings is 9. The van der Waals surface area contributed by atoms with Crippen LogP contribution in [0.4, 0.5) is 43.0 Å². The molecule has 5 aromatic heterocycles. The SMILES string of the molecule is C.CC(=O)O.CC(C)(C)c1cc[c-]cc1.CC(C)(C)c1ccc(B(O)O)cc1.CC(C)(C)c1ccc(F)cc1.F[N+]12CC[N+](CCl)(CC1)CC2.O=[N+]([O-])c1ccccc1S(=O)(=O)Nc1ccccc1-c1ccccn1.O=[N+]([O-])c1ccccc1S(=O)(=O)[N-]c1ccccc1-c1ccccn1.O=[N+]([O-])c1ccccc1S(=O)(=O)[N-]c1ccccc1-c1ccccn1.[Pd+2].[Pd].c1ccncc1.c1ccncc1. The van der Waals surface area contributed by atoms with E-state index in [4.69, 9.17) is 31.6 Å². The van der Waals surface area contributed by atoms with Gasteiger partial charge in [-0.05, 0) is 146 Å². The third kappa shape index (κ3) is 39.1. The molecule has 29 nitrogen and oxygen atoms in total. The predicted octanol–water partition coefficient (Wildman–Crippen LogP) is 21.7. The summed E-state index contributed by atoms with van der Waals surface area (Å²) in [6, 6.07) is 88.4. The minimum atomic E-state index is -4.26. The molecule has 4 N–H and O–H groups in total. The third-order valence-corrected chi connectivity index (χ3v) is 24.5. The molecule has 14 aromatic rings. The molecule has 9 aromatic carbocycles. The van der Waals surface area contributed by atoms with E-state index in [9.17, 15) is 64.5 Å². The number of carboxylic acids is 1. The zero-order valence-corrected chi connectivity index (χ0v) is 83.3. The summed E-state index contributed by atoms with van der Waals surface area (Å²) in [6.45, 7) is 25.2. The molecular formula is C101H110BClF2N13O16Pd2S3+. The summed E-state index contributed by atoms with van der Waals surface area (Å²) in [5.74, 6) is -1.00. The van der Waals surface area contributed by atoms with E-state index in [1.165, 1.54) is 95.6 Å². The van der Waals surface area contributed by atoms with Gasteiger partial charge in [0.05, 0.1) is 37.5 Å². The number of nitrogens with zero attached hydrogens (tertiary/aromatic N) is 12. The Balaban J connectivity index is 0.000000336. The van der Waals surface area contributed by atoms with Gasteiger partial charge in [-0.1, -0.05) is 251 Å². The number of nitro benzene ring substituents is 3. The zero-order valence-electron chi connectivity index (χ0n) is 77.0. The number of carboxylic acid groups (broad SMARTS) is 1. The number of nitrogens with one attached hydrogen (secondary N) is 1. The monoisotopic (exact) mass is 2150 g/mol. The number of alkyl halides is 1. The molecule has 2 bridgehead atoms. The van der Waals surface area contributed by atoms with Crippen molar-refractivity contribution in [2.75, 3.05) is 50.0 Å². The van der Waals surface area contributed by atoms with E-state index < -0.39 is 89.7 Å². The van der Waals surface area contributed by atoms with Crippen molar-refractivity contribution < 1.29 is 119 Å². The topological polar surface area (TPSA) is 414 Å². The molecule has 0 amide bonds. The van der Waals surface area contributed by atoms with E-state index in [1.54, 1.807) is 171 Å². The Morgan fingerprint density at radius 3 is 1.06 bits per heavy atom. The number of para-hydroxylation sites is 4. The van der Waals surface area contributed by atoms with E-state index in [2.05, 4.69) is 120 Å². The molecular weight excluding hydrogens is 2040 g/mol. The molecule has 0 unspecified atom stereocenters. The number of hydrogen-bond acceptors (Lipinski definition) is 20. The Hall–Kier alpha value is -13.0. The second-order valence-corrected chi connectivity index (χ2v) is 38.1. The number of nitro groups is 3. The zero-order chi connectivity index (χ0) is 99.8. The third-order valence-electron chi connectivity index (χ3n) is 20.0. The van der Waals surface area contributed by atoms with Crippen LogP contribution in [0.5, 0.6) is 0 Å². The van der Waals surface area contributed by atoms with Crippen LogP contribution in [0, 0.1) is 42.2 Å². The number of piperazine rings is 3. The fourth-order valence-electron chi connectivity index (χ4n) is 12.6. The normalized spacial score (nSPS) is 13.6. The van der Waals surface area contributed by atoms with Crippen molar-refractivity contribution in [1.29, 1.82) is 0 Å². The molecule has 3 aliphatic heterocycles. The van der Waals surface area contributed by atoms with Gasteiger partial charge in [-0.25, -0.2) is 29.6 Å². The van der Waals surface area contributed by atoms with E-state index in [0.717, 1.165) is 49.2 Å². The van der Waals surface area contributed by atoms with E-state index in [1.807, 2.05) is 72.8 Å². The van der Waals surface area contributed by atoms with Gasteiger partial charge in [0, 0.05) is 94.5 Å². The van der Waals surface area contributed by atoms with Gasteiger partial charge >= 0.3 is 27.5 Å². The fourth-order valence-corrected chi connectivity index (χ4v) is 16.5. The molecule has 0 spiro atoms. The molecule has 0 radical (unpaired) electrons. The minimum absolute atomic E-state index is 0. The maximum Gasteiger partial charge on any atom is 2.00 e. The van der Waals surface area contributed by atoms with Crippen LogP contribution in [0.25, 0.3) is 43.2 Å². The first-order chi connectivity index (χ1) is 64.4. The van der Waals surface area contributed by atoms with Gasteiger partial charge in [0.1, 0.15) is 55.3 Å². The first kappa shape index (κ1) is 118. The molecule has 8 heterocycles. The van der Waals surface area contributed by atoms with Gasteiger partial charge in [0.2, 0.25) is 0 Å². The number of pyridine rings is 5. The number of sulfonamides is 3. The standard InChI is InChI=1S/C17H13N3O4S.2C17H12N3O4S.C10H15BO2.C10H13F.C10H13.C7H14ClFN2.2C5H5N.C2H4O2.CH4.2Pd/c3*21-20(22)16-10-3-4-11-17(16)25(23,24)19-15-9-2-1-7-13(15)14-8-5-6-12-18-14;1-10(2,3)8-4-6-9(7-5-8)11(12)13;1-10(2,3)8-4-6-9(11)7-5-8;1-10(2,3)9-7-5-4-6-8-9;8-7-10-1-4-11(9,5-2-10)6-3-10;2*1-2-4-6-5-3-1;1-2(3)4;;;/h1-12,19H;2*1-12H;4-7,12-13H,1-3H3;4-7H,1-3H3;5-8H,1-3H3;1-7H2;2*1-5H;1H3,(H,3,4);1H4;;/q;2*-1;;;-1;+2;;;;;;+2. The van der Waals surface area contributed by atoms with Crippen molar-refractivity contribution in [3.05, 3.63) is 421 Å². The molecule has 736 valence electrons. The summed E-state index contributed by atoms with van der Waals surface area (Å²) < 4.78 is 113. The number of anilines is 1. The Morgan fingerprint density at radius 1 is 0.446 bits per heavy atom. The van der Waals surface area contributed by atoms with Gasteiger partial charge in [-0.2, -0.15) is 35.9 Å². The predicted molar refractivity (Wildman–Crippen MR) is 534 cm³/mol. The van der Waals surface area contributed by atoms with Crippen molar-refractivity contribution in [3.63, 3.8) is 0 Å². The Labute approximate surface area is 844 Å². The van der Waals surface area contributed by atoms with Crippen LogP contribution in [0.1, 0.15) is 93.4 Å². The van der Waals surface area contributed by atoms with Crippen LogP contribution in [0.2, 0.25) is 0 Å². The molecule has 0 atom stereocenters. The van der Waals surface area contributed by atoms with Gasteiger partial charge in [0.15, 0.2) is 30.5 Å². The van der Waals surface area contributed by atoms with Crippen molar-refractivity contribution >= 4 is 94.3 Å². The Kier molecular flexibility index (Phi) is 48.3. The smallest absolute Gasteiger partial charge is 0.572 e. The number of halogens is 3. The quantitative estimate of drug-likeness (QED) is 0.00961. The summed E-state index contributed by atoms with van der Waals surface area (Å²) in [5.41, 5.74) is 7.19. The first-order valence-corrected chi connectivity index (χ1v) is 47.1. The van der Waals surface area contributed by atoms with Gasteiger partial charge < -0.3 is 24.6 Å². The molecule has 17 rings (SSSR count). The van der Waals surface area contributed by atoms with Crippen LogP contribution in [0.3, 0.4) is 0 Å². The molecule has 3 aliphatic rings. The summed E-state index contributed by atoms with van der Waals surface area (Å²) >= 11 is 5.85. The molecule has 0 saturated carbocycles. The van der Waals surface area contributed by atoms with Crippen molar-refractivity contribution in [2.45, 2.75) is 108 Å². The largest absolute Gasteiger partial charge is 2.00 e. The molecule has 0 aliphatic carbocycles. The molecule has 3 fully saturated rings. The van der Waals surface area contributed by atoms with Crippen molar-refractivity contribution in [2.24, 2.45) is 0 Å². The number of rotatable bonds is 17. The summed E-state index contributed by atoms with van der Waals surface area (Å²) in [6.07, 6.45) is 11.8. The minimum Gasteiger partial charge on any atom is -0.572 e. The van der Waals surface area contributed by atoms with Crippen LogP contribution in [-0.2, 0) is 92.0 Å². The van der Waals surface area contributed by atoms with Gasteiger partial charge in [0.25, 0.3) is 33.1 Å². The summed E-state index contributed by atoms with van der Waals surface area (Å²) in [7, 11) is -14.0. The van der Waals surface area contributed by atoms with E-state index >= 15 is 0 Å². The van der Waals surface area contributed by atoms with Crippen LogP contribution in [0.15, 0.2) is 367 Å². The second kappa shape index (κ2) is 56.8. The number of fused-ring (bicyclic) bond motifs is 3. The van der Waals surface area contributed by atoms with E-state index in [-0.39, 0.29) is 86.4 Å². The Morgan fingerprint density at radius 2 is 0.748 bits per heavy atom. The Bertz CT molecular complexity index is 5990. The van der Waals surface area contributed by atoms with Crippen molar-refractivity contribution in [1.82, 2.24) is 24.9 Å². The average Bonchev–Trinajstić information content (AvgIpc) is 0.841. The molecule has 139 heavy (non-hydrogen) atoms. The van der Waals surface area contributed by atoms with Gasteiger partial charge in [-0.3, -0.25) is 69.3 Å². The number of aliphatic carboxylic acids is 1. The average molecular weight is 2160 g/mol. The maximum atomic E-state index is 13.5. The molecule has 38 heteroatoms. The fraction of sp³-hybridized carbons (Fsp3) is 0.208.